The van der Waals surface area contributed by atoms with Gasteiger partial charge in [0.25, 0.3) is 10.1 Å². The number of carbonyl (C=O) groups excluding carboxylic acids is 1. The fraction of sp³-hybridized carbons (Fsp3) is 0.133. The summed E-state index contributed by atoms with van der Waals surface area (Å²) in [6, 6.07) is 34.6. The van der Waals surface area contributed by atoms with Crippen molar-refractivity contribution in [1.82, 2.24) is 0 Å². The highest BCUT2D eigenvalue weighted by Gasteiger charge is 2.47. The van der Waals surface area contributed by atoms with Crippen LogP contribution in [0.2, 0.25) is 0 Å². The molecule has 1 aromatic heterocycles. The van der Waals surface area contributed by atoms with Gasteiger partial charge >= 0.3 is 5.97 Å². The van der Waals surface area contributed by atoms with Gasteiger partial charge in [-0.15, -0.1) is 0 Å². The van der Waals surface area contributed by atoms with E-state index in [4.69, 9.17) is 0 Å². The van der Waals surface area contributed by atoms with Crippen LogP contribution in [0.15, 0.2) is 161 Å². The summed E-state index contributed by atoms with van der Waals surface area (Å²) in [5, 5.41) is 11.8. The predicted octanol–water partition coefficient (Wildman–Crippen LogP) is 11.4. The van der Waals surface area contributed by atoms with Crippen molar-refractivity contribution < 1.29 is 27.7 Å². The maximum absolute atomic E-state index is 13.7. The summed E-state index contributed by atoms with van der Waals surface area (Å²) in [5.41, 5.74) is 3.97. The molecule has 0 saturated carbocycles. The third-order valence-corrected chi connectivity index (χ3v) is 12.8. The van der Waals surface area contributed by atoms with Gasteiger partial charge in [0.15, 0.2) is 5.78 Å². The smallest absolute Gasteiger partial charge is 0.317 e. The first-order chi connectivity index (χ1) is 26.1. The number of carboxylic acids is 1. The van der Waals surface area contributed by atoms with Crippen LogP contribution in [-0.4, -0.2) is 29.8 Å². The molecule has 0 bridgehead atoms. The number of hydrogen-bond donors (Lipinski definition) is 2. The van der Waals surface area contributed by atoms with Crippen molar-refractivity contribution >= 4 is 71.6 Å². The third-order valence-electron chi connectivity index (χ3n) is 9.65. The van der Waals surface area contributed by atoms with Crippen molar-refractivity contribution in [1.29, 1.82) is 0 Å². The van der Waals surface area contributed by atoms with Crippen molar-refractivity contribution in [2.75, 3.05) is 0 Å². The van der Waals surface area contributed by atoms with Crippen molar-refractivity contribution in [2.45, 2.75) is 42.4 Å². The fourth-order valence-corrected chi connectivity index (χ4v) is 10.1. The van der Waals surface area contributed by atoms with Crippen LogP contribution in [0.1, 0.15) is 49.3 Å². The van der Waals surface area contributed by atoms with Crippen LogP contribution in [0, 0.1) is 5.41 Å². The van der Waals surface area contributed by atoms with Crippen LogP contribution < -0.4 is 0 Å². The molecule has 2 N–H and O–H groups in total. The minimum Gasteiger partial charge on any atom is -0.480 e. The molecule has 1 atom stereocenters. The van der Waals surface area contributed by atoms with Gasteiger partial charge in [0.2, 0.25) is 20.9 Å². The number of Topliss-reactive ketones (excluding diaryl/α,β-unsaturated/α-hetero) is 1. The fourth-order valence-electron chi connectivity index (χ4n) is 7.01. The van der Waals surface area contributed by atoms with E-state index in [-0.39, 0.29) is 29.9 Å². The largest absolute Gasteiger partial charge is 0.480 e. The summed E-state index contributed by atoms with van der Waals surface area (Å²) < 4.78 is 35.7. The average molecular weight is 770 g/mol. The Morgan fingerprint density at radius 2 is 1.54 bits per heavy atom. The predicted molar refractivity (Wildman–Crippen MR) is 221 cm³/mol. The molecule has 1 aliphatic carbocycles. The Bertz CT molecular complexity index is 2560. The van der Waals surface area contributed by atoms with Crippen molar-refractivity contribution in [3.05, 3.63) is 167 Å². The monoisotopic (exact) mass is 769 g/mol. The normalized spacial score (nSPS) is 18.8. The number of benzene rings is 4. The summed E-state index contributed by atoms with van der Waals surface area (Å²) in [6.45, 7) is 1.88. The average Bonchev–Trinajstić information content (AvgIpc) is 3.18. The molecule has 2 heterocycles. The third kappa shape index (κ3) is 7.72. The summed E-state index contributed by atoms with van der Waals surface area (Å²) in [5.74, 6) is -1.43. The van der Waals surface area contributed by atoms with Crippen LogP contribution in [0.3, 0.4) is 0 Å². The van der Waals surface area contributed by atoms with Crippen LogP contribution >= 0.6 is 23.1 Å². The van der Waals surface area contributed by atoms with E-state index in [1.807, 2.05) is 98.0 Å². The number of aliphatic carboxylic acids is 1. The number of fused-ring (bicyclic) bond motifs is 2. The van der Waals surface area contributed by atoms with Gasteiger partial charge in [-0.1, -0.05) is 116 Å². The van der Waals surface area contributed by atoms with Gasteiger partial charge in [0.1, 0.15) is 10.3 Å². The molecule has 5 aromatic rings. The maximum atomic E-state index is 13.7. The van der Waals surface area contributed by atoms with Crippen LogP contribution in [-0.2, 0) is 19.7 Å². The minimum atomic E-state index is -4.49. The summed E-state index contributed by atoms with van der Waals surface area (Å²) in [7, 11) is -4.49. The number of thioether (sulfide) groups is 1. The highest BCUT2D eigenvalue weighted by atomic mass is 32.2. The molecule has 7 rings (SSSR count). The van der Waals surface area contributed by atoms with E-state index in [1.165, 1.54) is 17.8 Å². The van der Waals surface area contributed by atoms with E-state index in [0.29, 0.717) is 22.5 Å². The molecule has 4 aromatic carbocycles. The molecular weight excluding hydrogens is 733 g/mol. The number of hydrogen-bond acceptors (Lipinski definition) is 5. The van der Waals surface area contributed by atoms with E-state index < -0.39 is 21.5 Å². The Labute approximate surface area is 323 Å². The molecule has 1 aliphatic heterocycles. The zero-order valence-corrected chi connectivity index (χ0v) is 31.9. The molecule has 0 amide bonds. The van der Waals surface area contributed by atoms with E-state index >= 15 is 0 Å². The van der Waals surface area contributed by atoms with Crippen LogP contribution in [0.5, 0.6) is 0 Å². The number of carboxylic acid groups (broad SMARTS) is 1. The second-order valence-electron chi connectivity index (χ2n) is 13.3. The Hall–Kier alpha value is -5.19. The second kappa shape index (κ2) is 15.7. The first-order valence-corrected chi connectivity index (χ1v) is 20.7. The van der Waals surface area contributed by atoms with E-state index in [9.17, 15) is 27.7 Å². The Morgan fingerprint density at radius 1 is 0.833 bits per heavy atom. The first-order valence-electron chi connectivity index (χ1n) is 17.6. The van der Waals surface area contributed by atoms with Crippen LogP contribution in [0.25, 0.3) is 37.1 Å². The van der Waals surface area contributed by atoms with E-state index in [2.05, 4.69) is 30.3 Å². The van der Waals surface area contributed by atoms with E-state index in [1.54, 1.807) is 29.5 Å². The molecule has 2 aliphatic rings. The Morgan fingerprint density at radius 3 is 2.30 bits per heavy atom. The minimum absolute atomic E-state index is 0.0367. The first kappa shape index (κ1) is 37.1. The number of carbonyl (C=O) groups is 2. The maximum Gasteiger partial charge on any atom is 0.317 e. The van der Waals surface area contributed by atoms with Crippen molar-refractivity contribution in [3.63, 3.8) is 0 Å². The molecule has 6 nitrogen and oxygen atoms in total. The quantitative estimate of drug-likeness (QED) is 0.0827. The standard InChI is InChI=1S/C45H36O6S3/c1-2-12-43(46)45(44(47)48)28-30(21-23-33-26-40(32-13-4-3-5-14-32)52-38-18-9-6-15-35(33)38)25-31(29-45)22-24-34-27-41(53-39-19-10-7-16-36(34)39)37-17-8-11-20-42(37)54(49,50)51/h3-11,13-27H,2,12,28-29H2,1H3,(H-,47,48,49,50,51)/p+1. The lowest BCUT2D eigenvalue weighted by atomic mass is 9.68. The summed E-state index contributed by atoms with van der Waals surface area (Å²) in [6.07, 6.45) is 12.4. The highest BCUT2D eigenvalue weighted by Crippen LogP contribution is 2.47. The topological polar surface area (TPSA) is 109 Å². The zero-order chi connectivity index (χ0) is 37.9. The molecule has 0 saturated heterocycles. The zero-order valence-electron chi connectivity index (χ0n) is 29.4. The molecule has 0 radical (unpaired) electrons. The number of rotatable bonds is 10. The van der Waals surface area contributed by atoms with Gasteiger partial charge in [-0.3, -0.25) is 14.1 Å². The SMILES string of the molecule is CCCC(=O)C1(C(=O)O)CC(/C=C/c2cc(-c3ccccc3)[s+]c3ccccc23)=CC(=C/C=C2\C=C(c3ccccc3S(=O)(=O)O)Sc3ccccc32)/C1. The molecule has 1 unspecified atom stereocenters. The molecular formula is C45H37O6S3+. The number of allylic oxidation sites excluding steroid dienone is 8. The lowest BCUT2D eigenvalue weighted by Gasteiger charge is -2.32. The van der Waals surface area contributed by atoms with Gasteiger partial charge < -0.3 is 5.11 Å². The van der Waals surface area contributed by atoms with Gasteiger partial charge in [-0.2, -0.15) is 8.42 Å². The molecule has 0 fully saturated rings. The lowest BCUT2D eigenvalue weighted by Crippen LogP contribution is -2.41. The van der Waals surface area contributed by atoms with Crippen LogP contribution in [0.4, 0.5) is 0 Å². The Kier molecular flexibility index (Phi) is 10.8. The van der Waals surface area contributed by atoms with Gasteiger partial charge in [0, 0.05) is 44.9 Å². The van der Waals surface area contributed by atoms with Crippen molar-refractivity contribution in [2.24, 2.45) is 5.41 Å². The van der Waals surface area contributed by atoms with Crippen molar-refractivity contribution in [3.8, 4) is 10.4 Å². The molecule has 9 heteroatoms. The Balaban J connectivity index is 1.34. The lowest BCUT2D eigenvalue weighted by molar-refractivity contribution is -0.155. The second-order valence-corrected chi connectivity index (χ2v) is 16.9. The highest BCUT2D eigenvalue weighted by molar-refractivity contribution is 8.08. The van der Waals surface area contributed by atoms with Gasteiger partial charge in [0.05, 0.1) is 0 Å². The molecule has 270 valence electrons. The summed E-state index contributed by atoms with van der Waals surface area (Å²) >= 11 is 3.11. The molecule has 54 heavy (non-hydrogen) atoms. The van der Waals surface area contributed by atoms with Gasteiger partial charge in [-0.05, 0) is 83.5 Å². The van der Waals surface area contributed by atoms with Gasteiger partial charge in [-0.25, -0.2) is 0 Å². The molecule has 0 spiro atoms. The number of ketones is 1. The van der Waals surface area contributed by atoms with E-state index in [0.717, 1.165) is 47.7 Å². The summed E-state index contributed by atoms with van der Waals surface area (Å²) in [4.78, 5) is 29.3.